The molecule has 3 aromatic rings. The van der Waals surface area contributed by atoms with Crippen LogP contribution in [0.2, 0.25) is 0 Å². The van der Waals surface area contributed by atoms with Gasteiger partial charge in [-0.3, -0.25) is 14.3 Å². The number of aromatic amines is 1. The highest BCUT2D eigenvalue weighted by Crippen LogP contribution is 2.35. The molecule has 0 unspecified atom stereocenters. The van der Waals surface area contributed by atoms with E-state index < -0.39 is 45.6 Å². The van der Waals surface area contributed by atoms with E-state index in [9.17, 15) is 27.9 Å². The molecule has 4 N–H and O–H groups in total. The van der Waals surface area contributed by atoms with Gasteiger partial charge in [0.15, 0.2) is 0 Å². The quantitative estimate of drug-likeness (QED) is 0.332. The van der Waals surface area contributed by atoms with Crippen LogP contribution in [0.4, 0.5) is 0 Å². The number of aliphatic hydroxyl groups is 1. The van der Waals surface area contributed by atoms with Gasteiger partial charge in [0.05, 0.1) is 29.3 Å². The molecular weight excluding hydrogens is 484 g/mol. The molecule has 1 fully saturated rings. The first kappa shape index (κ1) is 24.5. The summed E-state index contributed by atoms with van der Waals surface area (Å²) in [6, 6.07) is 4.47. The minimum Gasteiger partial charge on any atom is -0.455 e. The molecular formula is C20H22N6O8S. The number of hydrogen-bond acceptors (Lipinski definition) is 10. The molecule has 0 spiro atoms. The monoisotopic (exact) mass is 506 g/mol. The summed E-state index contributed by atoms with van der Waals surface area (Å²) >= 11 is 0. The second kappa shape index (κ2) is 9.53. The van der Waals surface area contributed by atoms with Crippen LogP contribution in [0.5, 0.6) is 0 Å². The molecule has 0 radical (unpaired) electrons. The molecule has 1 saturated heterocycles. The van der Waals surface area contributed by atoms with Crippen molar-refractivity contribution in [3.8, 4) is 0 Å². The van der Waals surface area contributed by atoms with Gasteiger partial charge in [-0.2, -0.15) is 0 Å². The molecule has 0 amide bonds. The fourth-order valence-electron chi connectivity index (χ4n) is 3.67. The van der Waals surface area contributed by atoms with E-state index in [1.807, 2.05) is 0 Å². The number of aromatic nitrogens is 5. The number of nitrogens with one attached hydrogen (secondary N) is 1. The van der Waals surface area contributed by atoms with Gasteiger partial charge in [-0.1, -0.05) is 5.21 Å². The van der Waals surface area contributed by atoms with Crippen LogP contribution in [0.3, 0.4) is 0 Å². The average molecular weight is 506 g/mol. The normalized spacial score (nSPS) is 20.1. The Kier molecular flexibility index (Phi) is 6.66. The van der Waals surface area contributed by atoms with Gasteiger partial charge in [0.2, 0.25) is 10.0 Å². The summed E-state index contributed by atoms with van der Waals surface area (Å²) in [6.07, 6.45) is 1.73. The number of hydrogen-bond donors (Lipinski definition) is 3. The fourth-order valence-corrected chi connectivity index (χ4v) is 4.19. The zero-order valence-electron chi connectivity index (χ0n) is 18.4. The number of nitrogens with two attached hydrogens (primary N) is 1. The van der Waals surface area contributed by atoms with Gasteiger partial charge in [0.1, 0.15) is 24.6 Å². The van der Waals surface area contributed by atoms with E-state index in [1.54, 1.807) is 6.92 Å². The van der Waals surface area contributed by atoms with Crippen LogP contribution in [0.1, 0.15) is 40.3 Å². The van der Waals surface area contributed by atoms with E-state index in [0.29, 0.717) is 11.3 Å². The maximum atomic E-state index is 12.3. The second-order valence-corrected chi connectivity index (χ2v) is 9.49. The molecule has 0 bridgehead atoms. The number of ether oxygens (including phenoxy) is 2. The molecule has 35 heavy (non-hydrogen) atoms. The van der Waals surface area contributed by atoms with Crippen molar-refractivity contribution in [3.63, 3.8) is 0 Å². The Hall–Kier alpha value is -3.66. The van der Waals surface area contributed by atoms with E-state index in [4.69, 9.17) is 14.6 Å². The van der Waals surface area contributed by atoms with Crippen molar-refractivity contribution in [2.75, 3.05) is 6.61 Å². The first-order valence-electron chi connectivity index (χ1n) is 10.4. The highest BCUT2D eigenvalue weighted by Gasteiger charge is 2.38. The average Bonchev–Trinajstić information content (AvgIpc) is 3.46. The zero-order valence-corrected chi connectivity index (χ0v) is 19.2. The largest absolute Gasteiger partial charge is 0.455 e. The third kappa shape index (κ3) is 5.22. The standard InChI is InChI=1S/C20H22N6O8S/c1-11-7-25(20(30)22-18(11)28)17-6-15(16(9-27)34-17)26-8-13(23-24-26)10-33-19(29)12-2-4-14(5-3-12)35(21,31)32/h2-5,7-8,15-17,27H,6,9-10H2,1H3,(H2,21,31,32)(H,22,28,30)/t15-,16+,17+/m0/s1. The summed E-state index contributed by atoms with van der Waals surface area (Å²) in [5.74, 6) is -0.703. The highest BCUT2D eigenvalue weighted by molar-refractivity contribution is 7.89. The summed E-state index contributed by atoms with van der Waals surface area (Å²) in [5.41, 5.74) is -0.349. The third-order valence-electron chi connectivity index (χ3n) is 5.51. The Morgan fingerprint density at radius 1 is 1.29 bits per heavy atom. The number of H-pyrrole nitrogens is 1. The first-order chi connectivity index (χ1) is 16.6. The van der Waals surface area contributed by atoms with Gasteiger partial charge in [0, 0.05) is 18.2 Å². The van der Waals surface area contributed by atoms with Crippen molar-refractivity contribution in [2.24, 2.45) is 5.14 Å². The van der Waals surface area contributed by atoms with E-state index in [0.717, 1.165) is 0 Å². The van der Waals surface area contributed by atoms with Gasteiger partial charge in [-0.15, -0.1) is 5.10 Å². The maximum absolute atomic E-state index is 12.3. The van der Waals surface area contributed by atoms with Gasteiger partial charge < -0.3 is 14.6 Å². The number of carbonyl (C=O) groups is 1. The Morgan fingerprint density at radius 3 is 2.66 bits per heavy atom. The van der Waals surface area contributed by atoms with Gasteiger partial charge in [-0.25, -0.2) is 27.8 Å². The lowest BCUT2D eigenvalue weighted by Crippen LogP contribution is -2.33. The molecule has 0 aliphatic carbocycles. The summed E-state index contributed by atoms with van der Waals surface area (Å²) in [6.45, 7) is 0.996. The molecule has 3 heterocycles. The van der Waals surface area contributed by atoms with Gasteiger partial charge in [0.25, 0.3) is 5.56 Å². The zero-order chi connectivity index (χ0) is 25.3. The number of rotatable bonds is 7. The van der Waals surface area contributed by atoms with E-state index in [2.05, 4.69) is 15.3 Å². The lowest BCUT2D eigenvalue weighted by Gasteiger charge is -2.15. The Bertz CT molecular complexity index is 1460. The third-order valence-corrected chi connectivity index (χ3v) is 6.44. The molecule has 1 aromatic carbocycles. The molecule has 1 aliphatic rings. The van der Waals surface area contributed by atoms with Crippen molar-refractivity contribution in [3.05, 3.63) is 74.3 Å². The first-order valence-corrected chi connectivity index (χ1v) is 11.9. The number of aliphatic hydroxyl groups excluding tert-OH is 1. The number of sulfonamides is 1. The van der Waals surface area contributed by atoms with Crippen LogP contribution >= 0.6 is 0 Å². The smallest absolute Gasteiger partial charge is 0.338 e. The predicted octanol–water partition coefficient (Wildman–Crippen LogP) is -1.04. The Labute approximate surface area is 198 Å². The van der Waals surface area contributed by atoms with E-state index in [1.165, 1.54) is 45.9 Å². The van der Waals surface area contributed by atoms with Crippen LogP contribution in [0.25, 0.3) is 0 Å². The molecule has 186 valence electrons. The minimum absolute atomic E-state index is 0.124. The molecule has 2 aromatic heterocycles. The summed E-state index contributed by atoms with van der Waals surface area (Å²) in [5, 5.41) is 22.8. The number of benzene rings is 1. The van der Waals surface area contributed by atoms with Crippen LogP contribution in [-0.2, 0) is 26.1 Å². The molecule has 1 aliphatic heterocycles. The maximum Gasteiger partial charge on any atom is 0.338 e. The molecule has 4 rings (SSSR count). The van der Waals surface area contributed by atoms with Crippen molar-refractivity contribution in [1.82, 2.24) is 24.5 Å². The Morgan fingerprint density at radius 2 is 2.00 bits per heavy atom. The molecule has 0 saturated carbocycles. The summed E-state index contributed by atoms with van der Waals surface area (Å²) in [4.78, 5) is 38.2. The lowest BCUT2D eigenvalue weighted by molar-refractivity contribution is -0.0323. The SMILES string of the molecule is Cc1cn([C@H]2C[C@H](n3cc(COC(=O)c4ccc(S(N)(=O)=O)cc4)nn3)[C@@H](CO)O2)c(=O)[nH]c1=O. The fraction of sp³-hybridized carbons (Fsp3) is 0.350. The summed E-state index contributed by atoms with van der Waals surface area (Å²) in [7, 11) is -3.88. The van der Waals surface area contributed by atoms with Crippen LogP contribution < -0.4 is 16.4 Å². The lowest BCUT2D eigenvalue weighted by atomic mass is 10.1. The van der Waals surface area contributed by atoms with Crippen molar-refractivity contribution < 1.29 is 27.8 Å². The highest BCUT2D eigenvalue weighted by atomic mass is 32.2. The second-order valence-electron chi connectivity index (χ2n) is 7.93. The number of carbonyl (C=O) groups excluding carboxylic acids is 1. The van der Waals surface area contributed by atoms with Gasteiger partial charge >= 0.3 is 11.7 Å². The number of esters is 1. The van der Waals surface area contributed by atoms with Crippen LogP contribution in [0, 0.1) is 6.92 Å². The van der Waals surface area contributed by atoms with Crippen molar-refractivity contribution in [2.45, 2.75) is 43.2 Å². The van der Waals surface area contributed by atoms with E-state index >= 15 is 0 Å². The number of aryl methyl sites for hydroxylation is 1. The predicted molar refractivity (Wildman–Crippen MR) is 118 cm³/mol. The molecule has 14 nitrogen and oxygen atoms in total. The minimum atomic E-state index is -3.88. The molecule has 3 atom stereocenters. The van der Waals surface area contributed by atoms with E-state index in [-0.39, 0.29) is 30.1 Å². The topological polar surface area (TPSA) is 201 Å². The Balaban J connectivity index is 1.43. The number of nitrogens with zero attached hydrogens (tertiary/aromatic N) is 4. The molecule has 15 heteroatoms. The van der Waals surface area contributed by atoms with Gasteiger partial charge in [-0.05, 0) is 31.2 Å². The van der Waals surface area contributed by atoms with Crippen LogP contribution in [-0.4, -0.2) is 56.7 Å². The number of primary sulfonamides is 1. The van der Waals surface area contributed by atoms with Crippen molar-refractivity contribution >= 4 is 16.0 Å². The van der Waals surface area contributed by atoms with Crippen LogP contribution in [0.15, 0.2) is 51.1 Å². The van der Waals surface area contributed by atoms with Crippen molar-refractivity contribution in [1.29, 1.82) is 0 Å². The summed E-state index contributed by atoms with van der Waals surface area (Å²) < 4.78 is 36.3.